The van der Waals surface area contributed by atoms with Gasteiger partial charge in [0.1, 0.15) is 0 Å². The number of likely N-dealkylation sites (tertiary alicyclic amines) is 1. The monoisotopic (exact) mass is 228 g/mol. The van der Waals surface area contributed by atoms with Gasteiger partial charge in [0.2, 0.25) is 5.91 Å². The number of nitrogens with two attached hydrogens (primary N) is 1. The molecule has 0 unspecified atom stereocenters. The Bertz CT molecular complexity index is 201. The number of hydrogen-bond acceptors (Lipinski definition) is 3. The van der Waals surface area contributed by atoms with Gasteiger partial charge in [-0.05, 0) is 32.2 Å². The van der Waals surface area contributed by atoms with Crippen LogP contribution in [-0.4, -0.2) is 43.7 Å². The lowest BCUT2D eigenvalue weighted by molar-refractivity contribution is -0.133. The van der Waals surface area contributed by atoms with Crippen LogP contribution in [0.3, 0.4) is 0 Å². The van der Waals surface area contributed by atoms with Crippen LogP contribution in [0.5, 0.6) is 0 Å². The second-order valence-electron chi connectivity index (χ2n) is 4.42. The predicted octanol–water partition coefficient (Wildman–Crippen LogP) is 1.14. The Morgan fingerprint density at radius 3 is 2.56 bits per heavy atom. The molecule has 16 heavy (non-hydrogen) atoms. The number of piperidine rings is 1. The molecule has 1 aliphatic heterocycles. The SMILES string of the molecule is COC1CCN(C(=O)CCCCCN)CC1. The van der Waals surface area contributed by atoms with Crippen LogP contribution in [0.25, 0.3) is 0 Å². The number of carbonyl (C=O) groups is 1. The molecule has 0 aromatic heterocycles. The van der Waals surface area contributed by atoms with Crippen LogP contribution in [0.1, 0.15) is 38.5 Å². The number of nitrogens with zero attached hydrogens (tertiary/aromatic N) is 1. The van der Waals surface area contributed by atoms with E-state index in [4.69, 9.17) is 10.5 Å². The van der Waals surface area contributed by atoms with Crippen molar-refractivity contribution in [2.24, 2.45) is 5.73 Å². The van der Waals surface area contributed by atoms with Crippen LogP contribution in [0.15, 0.2) is 0 Å². The van der Waals surface area contributed by atoms with Crippen molar-refractivity contribution < 1.29 is 9.53 Å². The Morgan fingerprint density at radius 2 is 2.00 bits per heavy atom. The molecule has 0 bridgehead atoms. The fraction of sp³-hybridized carbons (Fsp3) is 0.917. The number of amides is 1. The number of rotatable bonds is 6. The highest BCUT2D eigenvalue weighted by Crippen LogP contribution is 2.14. The van der Waals surface area contributed by atoms with Gasteiger partial charge in [-0.2, -0.15) is 0 Å². The van der Waals surface area contributed by atoms with Crippen LogP contribution < -0.4 is 5.73 Å². The molecule has 4 heteroatoms. The van der Waals surface area contributed by atoms with Crippen molar-refractivity contribution >= 4 is 5.91 Å². The third-order valence-electron chi connectivity index (χ3n) is 3.22. The van der Waals surface area contributed by atoms with E-state index in [-0.39, 0.29) is 0 Å². The van der Waals surface area contributed by atoms with E-state index in [1.807, 2.05) is 4.90 Å². The molecule has 0 aromatic carbocycles. The molecule has 0 aliphatic carbocycles. The highest BCUT2D eigenvalue weighted by atomic mass is 16.5. The minimum atomic E-state index is 0.298. The summed E-state index contributed by atoms with van der Waals surface area (Å²) in [6.45, 7) is 2.44. The van der Waals surface area contributed by atoms with Gasteiger partial charge in [0.25, 0.3) is 0 Å². The molecule has 1 rings (SSSR count). The normalized spacial score (nSPS) is 17.8. The molecule has 1 fully saturated rings. The first kappa shape index (κ1) is 13.5. The maximum Gasteiger partial charge on any atom is 0.222 e. The Balaban J connectivity index is 2.13. The molecule has 0 aromatic rings. The van der Waals surface area contributed by atoms with E-state index in [0.29, 0.717) is 18.4 Å². The maximum atomic E-state index is 11.8. The highest BCUT2D eigenvalue weighted by Gasteiger charge is 2.21. The van der Waals surface area contributed by atoms with Gasteiger partial charge in [-0.25, -0.2) is 0 Å². The second kappa shape index (κ2) is 7.63. The van der Waals surface area contributed by atoms with Crippen molar-refractivity contribution in [1.82, 2.24) is 4.90 Å². The highest BCUT2D eigenvalue weighted by molar-refractivity contribution is 5.76. The van der Waals surface area contributed by atoms with Gasteiger partial charge in [-0.1, -0.05) is 6.42 Å². The van der Waals surface area contributed by atoms with Gasteiger partial charge in [0.15, 0.2) is 0 Å². The average Bonchev–Trinajstić information content (AvgIpc) is 2.34. The van der Waals surface area contributed by atoms with Crippen LogP contribution >= 0.6 is 0 Å². The summed E-state index contributed by atoms with van der Waals surface area (Å²) in [6.07, 6.45) is 6.05. The first-order valence-electron chi connectivity index (χ1n) is 6.28. The van der Waals surface area contributed by atoms with Gasteiger partial charge in [-0.3, -0.25) is 4.79 Å². The van der Waals surface area contributed by atoms with Gasteiger partial charge < -0.3 is 15.4 Å². The summed E-state index contributed by atoms with van der Waals surface area (Å²) in [5.74, 6) is 0.298. The first-order chi connectivity index (χ1) is 7.77. The van der Waals surface area contributed by atoms with Crippen molar-refractivity contribution in [3.05, 3.63) is 0 Å². The minimum Gasteiger partial charge on any atom is -0.381 e. The van der Waals surface area contributed by atoms with E-state index >= 15 is 0 Å². The summed E-state index contributed by atoms with van der Waals surface area (Å²) < 4.78 is 5.28. The summed E-state index contributed by atoms with van der Waals surface area (Å²) in [4.78, 5) is 13.8. The number of methoxy groups -OCH3 is 1. The van der Waals surface area contributed by atoms with E-state index < -0.39 is 0 Å². The van der Waals surface area contributed by atoms with Crippen LogP contribution in [0, 0.1) is 0 Å². The Hall–Kier alpha value is -0.610. The third kappa shape index (κ3) is 4.49. The molecule has 1 saturated heterocycles. The zero-order valence-electron chi connectivity index (χ0n) is 10.3. The van der Waals surface area contributed by atoms with E-state index in [2.05, 4.69) is 0 Å². The van der Waals surface area contributed by atoms with Gasteiger partial charge in [-0.15, -0.1) is 0 Å². The smallest absolute Gasteiger partial charge is 0.222 e. The molecule has 0 spiro atoms. The molecule has 0 saturated carbocycles. The van der Waals surface area contributed by atoms with Gasteiger partial charge in [0.05, 0.1) is 6.10 Å². The van der Waals surface area contributed by atoms with E-state index in [1.54, 1.807) is 7.11 Å². The molecule has 1 amide bonds. The van der Waals surface area contributed by atoms with Gasteiger partial charge in [0, 0.05) is 26.6 Å². The fourth-order valence-electron chi connectivity index (χ4n) is 2.10. The molecule has 2 N–H and O–H groups in total. The van der Waals surface area contributed by atoms with Gasteiger partial charge >= 0.3 is 0 Å². The third-order valence-corrected chi connectivity index (χ3v) is 3.22. The minimum absolute atomic E-state index is 0.298. The Kier molecular flexibility index (Phi) is 6.42. The molecule has 4 nitrogen and oxygen atoms in total. The number of ether oxygens (including phenoxy) is 1. The molecule has 0 atom stereocenters. The Morgan fingerprint density at radius 1 is 1.31 bits per heavy atom. The van der Waals surface area contributed by atoms with Crippen molar-refractivity contribution in [2.75, 3.05) is 26.7 Å². The van der Waals surface area contributed by atoms with E-state index in [1.165, 1.54) is 0 Å². The lowest BCUT2D eigenvalue weighted by Crippen LogP contribution is -2.40. The fourth-order valence-corrected chi connectivity index (χ4v) is 2.10. The molecule has 1 aliphatic rings. The quantitative estimate of drug-likeness (QED) is 0.694. The first-order valence-corrected chi connectivity index (χ1v) is 6.28. The molecular weight excluding hydrogens is 204 g/mol. The molecule has 94 valence electrons. The number of hydrogen-bond donors (Lipinski definition) is 1. The number of unbranched alkanes of at least 4 members (excludes halogenated alkanes) is 2. The van der Waals surface area contributed by atoms with E-state index in [9.17, 15) is 4.79 Å². The second-order valence-corrected chi connectivity index (χ2v) is 4.42. The molecule has 1 heterocycles. The maximum absolute atomic E-state index is 11.8. The zero-order valence-corrected chi connectivity index (χ0v) is 10.3. The van der Waals surface area contributed by atoms with Crippen LogP contribution in [0.4, 0.5) is 0 Å². The summed E-state index contributed by atoms with van der Waals surface area (Å²) in [7, 11) is 1.75. The van der Waals surface area contributed by atoms with Crippen LogP contribution in [-0.2, 0) is 9.53 Å². The summed E-state index contributed by atoms with van der Waals surface area (Å²) in [5, 5.41) is 0. The lowest BCUT2D eigenvalue weighted by Gasteiger charge is -2.31. The van der Waals surface area contributed by atoms with Crippen LogP contribution in [0.2, 0.25) is 0 Å². The average molecular weight is 228 g/mol. The molecule has 0 radical (unpaired) electrons. The lowest BCUT2D eigenvalue weighted by atomic mass is 10.1. The van der Waals surface area contributed by atoms with Crippen molar-refractivity contribution in [3.8, 4) is 0 Å². The Labute approximate surface area is 98.1 Å². The number of carbonyl (C=O) groups excluding carboxylic acids is 1. The summed E-state index contributed by atoms with van der Waals surface area (Å²) >= 11 is 0. The topological polar surface area (TPSA) is 55.6 Å². The summed E-state index contributed by atoms with van der Waals surface area (Å²) in [5.41, 5.74) is 5.41. The zero-order chi connectivity index (χ0) is 11.8. The largest absolute Gasteiger partial charge is 0.381 e. The predicted molar refractivity (Wildman–Crippen MR) is 64.1 cm³/mol. The summed E-state index contributed by atoms with van der Waals surface area (Å²) in [6, 6.07) is 0. The standard InChI is InChI=1S/C12H24N2O2/c1-16-11-6-9-14(10-7-11)12(15)5-3-2-4-8-13/h11H,2-10,13H2,1H3. The van der Waals surface area contributed by atoms with Crippen molar-refractivity contribution in [1.29, 1.82) is 0 Å². The molecular formula is C12H24N2O2. The van der Waals surface area contributed by atoms with Crippen molar-refractivity contribution in [3.63, 3.8) is 0 Å². The van der Waals surface area contributed by atoms with E-state index in [0.717, 1.165) is 51.7 Å². The van der Waals surface area contributed by atoms with Crippen molar-refractivity contribution in [2.45, 2.75) is 44.6 Å².